The van der Waals surface area contributed by atoms with Crippen LogP contribution in [0.4, 0.5) is 0 Å². The summed E-state index contributed by atoms with van der Waals surface area (Å²) in [5.74, 6) is -1.97. The van der Waals surface area contributed by atoms with Crippen molar-refractivity contribution >= 4 is 22.8 Å². The molecule has 0 fully saturated rings. The Labute approximate surface area is 156 Å². The molecule has 1 heterocycles. The summed E-state index contributed by atoms with van der Waals surface area (Å²) in [6.07, 6.45) is -1.16. The smallest absolute Gasteiger partial charge is 0.375 e. The van der Waals surface area contributed by atoms with Crippen LogP contribution in [0.25, 0.3) is 11.0 Å². The lowest BCUT2D eigenvalue weighted by Gasteiger charge is -2.28. The lowest BCUT2D eigenvalue weighted by molar-refractivity contribution is -0.130. The summed E-state index contributed by atoms with van der Waals surface area (Å²) in [5, 5.41) is 12.2. The Hall–Kier alpha value is -3.14. The second kappa shape index (κ2) is 7.62. The first-order valence-electron chi connectivity index (χ1n) is 8.56. The van der Waals surface area contributed by atoms with Crippen molar-refractivity contribution in [2.75, 3.05) is 0 Å². The van der Waals surface area contributed by atoms with Crippen LogP contribution in [0, 0.1) is 24.2 Å². The van der Waals surface area contributed by atoms with Crippen LogP contribution >= 0.6 is 0 Å². The van der Waals surface area contributed by atoms with Gasteiger partial charge in [-0.25, -0.2) is 4.79 Å². The van der Waals surface area contributed by atoms with E-state index in [1.807, 2.05) is 13.0 Å². The molecular weight excluding hydrogens is 348 g/mol. The van der Waals surface area contributed by atoms with Crippen LogP contribution in [0.5, 0.6) is 0 Å². The minimum atomic E-state index is -1.16. The van der Waals surface area contributed by atoms with Gasteiger partial charge in [-0.2, -0.15) is 5.26 Å². The molecule has 1 aromatic heterocycles. The van der Waals surface area contributed by atoms with Crippen LogP contribution in [-0.4, -0.2) is 23.5 Å². The molecule has 1 amide bonds. The van der Waals surface area contributed by atoms with Gasteiger partial charge in [-0.1, -0.05) is 25.5 Å². The highest BCUT2D eigenvalue weighted by Crippen LogP contribution is 2.17. The molecule has 7 heteroatoms. The van der Waals surface area contributed by atoms with Crippen molar-refractivity contribution in [1.82, 2.24) is 5.32 Å². The van der Waals surface area contributed by atoms with Gasteiger partial charge in [0.05, 0.1) is 11.5 Å². The van der Waals surface area contributed by atoms with Gasteiger partial charge in [0.2, 0.25) is 5.76 Å². The number of nitriles is 1. The third kappa shape index (κ3) is 4.34. The summed E-state index contributed by atoms with van der Waals surface area (Å²) in [6.45, 7) is 8.41. The predicted molar refractivity (Wildman–Crippen MR) is 99.1 cm³/mol. The van der Waals surface area contributed by atoms with Crippen molar-refractivity contribution in [1.29, 1.82) is 5.26 Å². The number of nitrogens with one attached hydrogen (secondary N) is 1. The molecule has 0 saturated heterocycles. The molecule has 2 aromatic rings. The molecule has 1 aromatic carbocycles. The van der Waals surface area contributed by atoms with E-state index < -0.39 is 23.5 Å². The molecule has 142 valence electrons. The molecule has 0 aliphatic heterocycles. The van der Waals surface area contributed by atoms with Gasteiger partial charge in [0.1, 0.15) is 11.1 Å². The van der Waals surface area contributed by atoms with Crippen LogP contribution in [0.1, 0.15) is 43.8 Å². The zero-order valence-corrected chi connectivity index (χ0v) is 16.0. The molecule has 0 aliphatic carbocycles. The van der Waals surface area contributed by atoms with Gasteiger partial charge in [-0.3, -0.25) is 9.59 Å². The Kier molecular flexibility index (Phi) is 5.69. The van der Waals surface area contributed by atoms with Crippen molar-refractivity contribution in [2.45, 2.75) is 46.3 Å². The lowest BCUT2D eigenvalue weighted by atomic mass is 9.90. The average Bonchev–Trinajstić information content (AvgIpc) is 2.61. The SMILES string of the molecule is Cc1ccc2oc(C(=O)O[C@@H](C)C(=O)N[C@](C)(C#N)C(C)C)cc(=O)c2c1. The minimum Gasteiger partial charge on any atom is -0.449 e. The van der Waals surface area contributed by atoms with Crippen molar-refractivity contribution in [3.05, 3.63) is 45.8 Å². The Morgan fingerprint density at radius 3 is 2.52 bits per heavy atom. The fourth-order valence-corrected chi connectivity index (χ4v) is 2.30. The van der Waals surface area contributed by atoms with Crippen molar-refractivity contribution < 1.29 is 18.7 Å². The number of ether oxygens (including phenoxy) is 1. The number of fused-ring (bicyclic) bond motifs is 1. The molecule has 0 aliphatic rings. The van der Waals surface area contributed by atoms with Crippen LogP contribution in [-0.2, 0) is 9.53 Å². The maximum Gasteiger partial charge on any atom is 0.375 e. The second-order valence-electron chi connectivity index (χ2n) is 6.98. The average molecular weight is 370 g/mol. The van der Waals surface area contributed by atoms with E-state index in [0.717, 1.165) is 11.6 Å². The van der Waals surface area contributed by atoms with Gasteiger partial charge in [0.25, 0.3) is 5.91 Å². The summed E-state index contributed by atoms with van der Waals surface area (Å²) in [4.78, 5) is 36.8. The first-order valence-corrected chi connectivity index (χ1v) is 8.56. The van der Waals surface area contributed by atoms with Crippen molar-refractivity contribution in [3.63, 3.8) is 0 Å². The molecule has 2 rings (SSSR count). The molecule has 2 atom stereocenters. The Morgan fingerprint density at radius 2 is 1.93 bits per heavy atom. The molecule has 0 bridgehead atoms. The van der Waals surface area contributed by atoms with E-state index in [-0.39, 0.29) is 22.7 Å². The van der Waals surface area contributed by atoms with E-state index in [9.17, 15) is 19.6 Å². The summed E-state index contributed by atoms with van der Waals surface area (Å²) in [5.41, 5.74) is -0.318. The predicted octanol–water partition coefficient (Wildman–Crippen LogP) is 2.70. The normalized spacial score (nSPS) is 14.3. The molecular formula is C20H22N2O5. The van der Waals surface area contributed by atoms with E-state index in [2.05, 4.69) is 5.32 Å². The number of rotatable bonds is 5. The molecule has 1 N–H and O–H groups in total. The lowest BCUT2D eigenvalue weighted by Crippen LogP contribution is -2.52. The van der Waals surface area contributed by atoms with E-state index in [1.165, 1.54) is 6.92 Å². The monoisotopic (exact) mass is 370 g/mol. The highest BCUT2D eigenvalue weighted by atomic mass is 16.6. The summed E-state index contributed by atoms with van der Waals surface area (Å²) in [7, 11) is 0. The largest absolute Gasteiger partial charge is 0.449 e. The zero-order valence-electron chi connectivity index (χ0n) is 16.0. The molecule has 7 nitrogen and oxygen atoms in total. The first-order chi connectivity index (χ1) is 12.6. The maximum atomic E-state index is 12.3. The second-order valence-corrected chi connectivity index (χ2v) is 6.98. The number of esters is 1. The molecule has 0 radical (unpaired) electrons. The van der Waals surface area contributed by atoms with Gasteiger partial charge in [0, 0.05) is 6.07 Å². The number of benzene rings is 1. The zero-order chi connectivity index (χ0) is 20.4. The van der Waals surface area contributed by atoms with Gasteiger partial charge in [0.15, 0.2) is 11.5 Å². The van der Waals surface area contributed by atoms with Crippen LogP contribution in [0.3, 0.4) is 0 Å². The summed E-state index contributed by atoms with van der Waals surface area (Å²) < 4.78 is 10.5. The number of hydrogen-bond acceptors (Lipinski definition) is 6. The van der Waals surface area contributed by atoms with Crippen LogP contribution in [0.15, 0.2) is 33.5 Å². The minimum absolute atomic E-state index is 0.142. The van der Waals surface area contributed by atoms with Crippen molar-refractivity contribution in [2.24, 2.45) is 5.92 Å². The highest BCUT2D eigenvalue weighted by molar-refractivity contribution is 5.91. The van der Waals surface area contributed by atoms with Gasteiger partial charge in [-0.05, 0) is 38.8 Å². The number of hydrogen-bond donors (Lipinski definition) is 1. The van der Waals surface area contributed by atoms with E-state index >= 15 is 0 Å². The van der Waals surface area contributed by atoms with E-state index in [1.54, 1.807) is 39.0 Å². The number of amides is 1. The number of carbonyl (C=O) groups excluding carboxylic acids is 2. The fraction of sp³-hybridized carbons (Fsp3) is 0.400. The van der Waals surface area contributed by atoms with Gasteiger partial charge >= 0.3 is 5.97 Å². The number of aryl methyl sites for hydroxylation is 1. The maximum absolute atomic E-state index is 12.3. The molecule has 0 saturated carbocycles. The number of nitrogens with zero attached hydrogens (tertiary/aromatic N) is 1. The fourth-order valence-electron chi connectivity index (χ4n) is 2.30. The van der Waals surface area contributed by atoms with Crippen LogP contribution < -0.4 is 10.7 Å². The van der Waals surface area contributed by atoms with Gasteiger partial charge in [-0.15, -0.1) is 0 Å². The number of carbonyl (C=O) groups is 2. The van der Waals surface area contributed by atoms with E-state index in [0.29, 0.717) is 5.39 Å². The first kappa shape index (κ1) is 20.2. The third-order valence-electron chi connectivity index (χ3n) is 4.51. The topological polar surface area (TPSA) is 109 Å². The van der Waals surface area contributed by atoms with E-state index in [4.69, 9.17) is 9.15 Å². The molecule has 0 spiro atoms. The Morgan fingerprint density at radius 1 is 1.26 bits per heavy atom. The quantitative estimate of drug-likeness (QED) is 0.811. The third-order valence-corrected chi connectivity index (χ3v) is 4.51. The molecule has 27 heavy (non-hydrogen) atoms. The summed E-state index contributed by atoms with van der Waals surface area (Å²) in [6, 6.07) is 8.11. The highest BCUT2D eigenvalue weighted by Gasteiger charge is 2.33. The Bertz CT molecular complexity index is 986. The van der Waals surface area contributed by atoms with Crippen molar-refractivity contribution in [3.8, 4) is 6.07 Å². The standard InChI is InChI=1S/C20H22N2O5/c1-11(2)20(5,10-21)22-18(24)13(4)26-19(25)17-9-15(23)14-8-12(3)6-7-16(14)27-17/h6-9,11,13H,1-5H3,(H,22,24)/t13-,20+/m0/s1. The Balaban J connectivity index is 2.18. The summed E-state index contributed by atoms with van der Waals surface area (Å²) >= 11 is 0. The van der Waals surface area contributed by atoms with Gasteiger partial charge < -0.3 is 14.5 Å². The molecule has 0 unspecified atom stereocenters. The van der Waals surface area contributed by atoms with Crippen LogP contribution in [0.2, 0.25) is 0 Å².